The molecule has 10 heteroatoms. The van der Waals surface area contributed by atoms with Crippen LogP contribution in [-0.4, -0.2) is 63.7 Å². The van der Waals surface area contributed by atoms with E-state index in [9.17, 15) is 18.0 Å². The molecule has 2 aromatic carbocycles. The van der Waals surface area contributed by atoms with E-state index in [-0.39, 0.29) is 29.9 Å². The van der Waals surface area contributed by atoms with Gasteiger partial charge in [-0.05, 0) is 50.5 Å². The maximum atomic E-state index is 13.5. The van der Waals surface area contributed by atoms with Crippen molar-refractivity contribution in [2.24, 2.45) is 0 Å². The highest BCUT2D eigenvalue weighted by Gasteiger charge is 2.31. The number of anilines is 1. The van der Waals surface area contributed by atoms with Crippen molar-refractivity contribution in [2.75, 3.05) is 30.8 Å². The average molecular weight is 524 g/mol. The van der Waals surface area contributed by atoms with Crippen LogP contribution in [0.25, 0.3) is 0 Å². The highest BCUT2D eigenvalue weighted by molar-refractivity contribution is 7.92. The lowest BCUT2D eigenvalue weighted by Gasteiger charge is -2.32. The molecule has 8 nitrogen and oxygen atoms in total. The maximum Gasteiger partial charge on any atom is 0.244 e. The van der Waals surface area contributed by atoms with Crippen molar-refractivity contribution >= 4 is 39.1 Å². The molecule has 192 valence electrons. The van der Waals surface area contributed by atoms with Crippen molar-refractivity contribution in [3.63, 3.8) is 0 Å². The third kappa shape index (κ3) is 8.14. The quantitative estimate of drug-likeness (QED) is 0.459. The number of hydrogen-bond donors (Lipinski definition) is 1. The minimum atomic E-state index is -3.89. The number of nitrogens with one attached hydrogen (secondary N) is 1. The molecule has 0 heterocycles. The molecule has 0 aliphatic heterocycles. The number of carbonyl (C=O) groups is 2. The van der Waals surface area contributed by atoms with Crippen LogP contribution in [0.4, 0.5) is 5.69 Å². The number of rotatable bonds is 12. The van der Waals surface area contributed by atoms with Crippen LogP contribution in [0.5, 0.6) is 5.75 Å². The van der Waals surface area contributed by atoms with E-state index in [1.54, 1.807) is 13.0 Å². The molecule has 0 unspecified atom stereocenters. The van der Waals surface area contributed by atoms with Crippen molar-refractivity contribution in [1.29, 1.82) is 0 Å². The van der Waals surface area contributed by atoms with Gasteiger partial charge in [-0.15, -0.1) is 0 Å². The van der Waals surface area contributed by atoms with Crippen LogP contribution in [0.1, 0.15) is 32.8 Å². The third-order valence-corrected chi connectivity index (χ3v) is 7.10. The van der Waals surface area contributed by atoms with E-state index in [2.05, 4.69) is 5.32 Å². The van der Waals surface area contributed by atoms with Gasteiger partial charge in [0.05, 0.1) is 19.1 Å². The summed E-state index contributed by atoms with van der Waals surface area (Å²) in [7, 11) is -2.48. The highest BCUT2D eigenvalue weighted by atomic mass is 35.5. The Morgan fingerprint density at radius 2 is 1.77 bits per heavy atom. The summed E-state index contributed by atoms with van der Waals surface area (Å²) in [5.41, 5.74) is 1.15. The van der Waals surface area contributed by atoms with Gasteiger partial charge < -0.3 is 15.0 Å². The predicted molar refractivity (Wildman–Crippen MR) is 139 cm³/mol. The highest BCUT2D eigenvalue weighted by Crippen LogP contribution is 2.32. The molecular formula is C25H34ClN3O5S. The summed E-state index contributed by atoms with van der Waals surface area (Å²) in [6.45, 7) is 5.22. The Morgan fingerprint density at radius 1 is 1.11 bits per heavy atom. The van der Waals surface area contributed by atoms with E-state index >= 15 is 0 Å². The van der Waals surface area contributed by atoms with Crippen LogP contribution in [0.3, 0.4) is 0 Å². The Hall–Kier alpha value is -2.78. The standard InChI is InChI=1S/C25H34ClN3O5S/c1-6-18(2)27-25(31)19(3)28(15-14-20-10-8-7-9-11-20)24(30)17-29(35(5,32)33)22-16-21(26)12-13-23(22)34-4/h7-13,16,18-19H,6,14-15,17H2,1-5H3,(H,27,31)/t18-,19+/m1/s1. The minimum absolute atomic E-state index is 0.0562. The van der Waals surface area contributed by atoms with E-state index in [4.69, 9.17) is 16.3 Å². The second-order valence-electron chi connectivity index (χ2n) is 8.40. The normalized spacial score (nSPS) is 13.0. The summed E-state index contributed by atoms with van der Waals surface area (Å²) in [5, 5.41) is 3.20. The summed E-state index contributed by atoms with van der Waals surface area (Å²) in [6.07, 6.45) is 2.26. The zero-order valence-electron chi connectivity index (χ0n) is 20.8. The molecule has 0 aliphatic carbocycles. The molecule has 2 rings (SSSR count). The molecule has 35 heavy (non-hydrogen) atoms. The topological polar surface area (TPSA) is 96.0 Å². The number of amides is 2. The summed E-state index contributed by atoms with van der Waals surface area (Å²) in [6, 6.07) is 13.3. The third-order valence-electron chi connectivity index (χ3n) is 5.74. The maximum absolute atomic E-state index is 13.5. The molecule has 2 atom stereocenters. The molecule has 0 radical (unpaired) electrons. The van der Waals surface area contributed by atoms with Crippen molar-refractivity contribution in [3.05, 3.63) is 59.1 Å². The van der Waals surface area contributed by atoms with Crippen LogP contribution in [0, 0.1) is 0 Å². The van der Waals surface area contributed by atoms with E-state index < -0.39 is 28.5 Å². The molecule has 0 aromatic heterocycles. The Morgan fingerprint density at radius 3 is 2.34 bits per heavy atom. The van der Waals surface area contributed by atoms with Gasteiger partial charge in [-0.1, -0.05) is 48.9 Å². The van der Waals surface area contributed by atoms with Gasteiger partial charge in [-0.25, -0.2) is 8.42 Å². The first-order valence-corrected chi connectivity index (χ1v) is 13.7. The van der Waals surface area contributed by atoms with E-state index in [0.29, 0.717) is 11.4 Å². The first kappa shape index (κ1) is 28.5. The lowest BCUT2D eigenvalue weighted by molar-refractivity contribution is -0.139. The number of hydrogen-bond acceptors (Lipinski definition) is 5. The molecule has 0 fully saturated rings. The number of benzene rings is 2. The molecule has 0 saturated heterocycles. The van der Waals surface area contributed by atoms with Gasteiger partial charge >= 0.3 is 0 Å². The Balaban J connectivity index is 2.38. The smallest absolute Gasteiger partial charge is 0.244 e. The zero-order valence-corrected chi connectivity index (χ0v) is 22.4. The van der Waals surface area contributed by atoms with Gasteiger partial charge in [0.25, 0.3) is 0 Å². The van der Waals surface area contributed by atoms with Crippen LogP contribution >= 0.6 is 11.6 Å². The zero-order chi connectivity index (χ0) is 26.2. The van der Waals surface area contributed by atoms with Gasteiger partial charge in [-0.3, -0.25) is 13.9 Å². The van der Waals surface area contributed by atoms with Crippen molar-refractivity contribution in [2.45, 2.75) is 45.7 Å². The van der Waals surface area contributed by atoms with Crippen LogP contribution in [0.2, 0.25) is 5.02 Å². The van der Waals surface area contributed by atoms with Crippen molar-refractivity contribution < 1.29 is 22.7 Å². The van der Waals surface area contributed by atoms with E-state index in [0.717, 1.165) is 22.5 Å². The fourth-order valence-corrected chi connectivity index (χ4v) is 4.50. The fourth-order valence-electron chi connectivity index (χ4n) is 3.49. The Kier molecular flexibility index (Phi) is 10.4. The molecule has 1 N–H and O–H groups in total. The second-order valence-corrected chi connectivity index (χ2v) is 10.7. The molecular weight excluding hydrogens is 490 g/mol. The molecule has 2 amide bonds. The number of sulfonamides is 1. The number of nitrogens with zero attached hydrogens (tertiary/aromatic N) is 2. The Labute approximate surface area is 213 Å². The Bertz CT molecular complexity index is 1110. The van der Waals surface area contributed by atoms with Crippen LogP contribution < -0.4 is 14.4 Å². The lowest BCUT2D eigenvalue weighted by atomic mass is 10.1. The van der Waals surface area contributed by atoms with Gasteiger partial charge in [0, 0.05) is 17.6 Å². The van der Waals surface area contributed by atoms with Gasteiger partial charge in [0.15, 0.2) is 0 Å². The monoisotopic (exact) mass is 523 g/mol. The van der Waals surface area contributed by atoms with Crippen molar-refractivity contribution in [1.82, 2.24) is 10.2 Å². The predicted octanol–water partition coefficient (Wildman–Crippen LogP) is 3.49. The van der Waals surface area contributed by atoms with Gasteiger partial charge in [0.2, 0.25) is 21.8 Å². The second kappa shape index (κ2) is 12.8. The number of ether oxygens (including phenoxy) is 1. The lowest BCUT2D eigenvalue weighted by Crippen LogP contribution is -2.53. The van der Waals surface area contributed by atoms with E-state index in [1.807, 2.05) is 44.2 Å². The average Bonchev–Trinajstić information content (AvgIpc) is 2.82. The molecule has 2 aromatic rings. The largest absolute Gasteiger partial charge is 0.495 e. The number of carbonyl (C=O) groups excluding carboxylic acids is 2. The van der Waals surface area contributed by atoms with Gasteiger partial charge in [-0.2, -0.15) is 0 Å². The summed E-state index contributed by atoms with van der Waals surface area (Å²) < 4.78 is 31.7. The fraction of sp³-hybridized carbons (Fsp3) is 0.440. The summed E-state index contributed by atoms with van der Waals surface area (Å²) in [5.74, 6) is -0.557. The first-order chi connectivity index (χ1) is 16.5. The molecule has 0 spiro atoms. The van der Waals surface area contributed by atoms with Gasteiger partial charge in [0.1, 0.15) is 18.3 Å². The van der Waals surface area contributed by atoms with Crippen molar-refractivity contribution in [3.8, 4) is 5.75 Å². The van der Waals surface area contributed by atoms with Crippen LogP contribution in [-0.2, 0) is 26.0 Å². The van der Waals surface area contributed by atoms with E-state index in [1.165, 1.54) is 24.1 Å². The number of halogens is 1. The van der Waals surface area contributed by atoms with Crippen LogP contribution in [0.15, 0.2) is 48.5 Å². The molecule has 0 saturated carbocycles. The summed E-state index contributed by atoms with van der Waals surface area (Å²) in [4.78, 5) is 27.9. The molecule has 0 aliphatic rings. The minimum Gasteiger partial charge on any atom is -0.495 e. The SMILES string of the molecule is CC[C@@H](C)NC(=O)[C@H](C)N(CCc1ccccc1)C(=O)CN(c1cc(Cl)ccc1OC)S(C)(=O)=O. The summed E-state index contributed by atoms with van der Waals surface area (Å²) >= 11 is 6.11. The molecule has 0 bridgehead atoms. The first-order valence-electron chi connectivity index (χ1n) is 11.4. The number of methoxy groups -OCH3 is 1.